The van der Waals surface area contributed by atoms with Crippen molar-refractivity contribution in [3.05, 3.63) is 44.3 Å². The molecule has 1 aromatic carbocycles. The second kappa shape index (κ2) is 9.86. The maximum atomic E-state index is 12.2. The summed E-state index contributed by atoms with van der Waals surface area (Å²) in [4.78, 5) is 12.2. The molecule has 3 aromatic rings. The van der Waals surface area contributed by atoms with E-state index in [9.17, 15) is 4.79 Å². The number of hydrogen-bond acceptors (Lipinski definition) is 8. The standard InChI is InChI=1S/C17H19BrN6OS2/c1-19-16-23-21-14(26-16)8-4-5-9-15-22-24-17(27-15)20-13(25)10-11-6-2-3-7-12(11)18/h2-3,6-7H,4-5,8-10H2,1H3,(H,19,23)(H,20,24,25). The third-order valence-corrected chi connectivity index (χ3v) is 6.41. The van der Waals surface area contributed by atoms with Crippen LogP contribution in [-0.4, -0.2) is 33.3 Å². The zero-order chi connectivity index (χ0) is 19.1. The average molecular weight is 467 g/mol. The van der Waals surface area contributed by atoms with Crippen LogP contribution in [0.2, 0.25) is 0 Å². The molecule has 27 heavy (non-hydrogen) atoms. The summed E-state index contributed by atoms with van der Waals surface area (Å²) in [7, 11) is 1.84. The number of carbonyl (C=O) groups is 1. The van der Waals surface area contributed by atoms with Crippen LogP contribution in [0.1, 0.15) is 28.4 Å². The van der Waals surface area contributed by atoms with Gasteiger partial charge < -0.3 is 10.6 Å². The van der Waals surface area contributed by atoms with Gasteiger partial charge in [0.25, 0.3) is 0 Å². The summed E-state index contributed by atoms with van der Waals surface area (Å²) >= 11 is 6.47. The Labute approximate surface area is 173 Å². The summed E-state index contributed by atoms with van der Waals surface area (Å²) in [5, 5.41) is 25.6. The van der Waals surface area contributed by atoms with Gasteiger partial charge in [0.1, 0.15) is 10.0 Å². The van der Waals surface area contributed by atoms with Gasteiger partial charge >= 0.3 is 0 Å². The zero-order valence-electron chi connectivity index (χ0n) is 14.7. The molecule has 0 aliphatic carbocycles. The van der Waals surface area contributed by atoms with E-state index in [2.05, 4.69) is 47.0 Å². The SMILES string of the molecule is CNc1nnc(CCCCc2nnc(NC(=O)Cc3ccccc3Br)s2)s1. The normalized spacial score (nSPS) is 10.7. The lowest BCUT2D eigenvalue weighted by Gasteiger charge is -2.03. The topological polar surface area (TPSA) is 92.7 Å². The van der Waals surface area contributed by atoms with Gasteiger partial charge in [-0.15, -0.1) is 20.4 Å². The number of aromatic nitrogens is 4. The number of halogens is 1. The minimum absolute atomic E-state index is 0.0961. The lowest BCUT2D eigenvalue weighted by atomic mass is 10.1. The van der Waals surface area contributed by atoms with Gasteiger partial charge in [-0.25, -0.2) is 0 Å². The molecule has 0 saturated heterocycles. The third-order valence-electron chi connectivity index (χ3n) is 3.73. The molecule has 2 N–H and O–H groups in total. The van der Waals surface area contributed by atoms with Crippen LogP contribution in [0.5, 0.6) is 0 Å². The highest BCUT2D eigenvalue weighted by Gasteiger charge is 2.11. The predicted molar refractivity (Wildman–Crippen MR) is 112 cm³/mol. The molecule has 0 aliphatic heterocycles. The van der Waals surface area contributed by atoms with Crippen LogP contribution in [0.15, 0.2) is 28.7 Å². The molecular weight excluding hydrogens is 448 g/mol. The van der Waals surface area contributed by atoms with E-state index < -0.39 is 0 Å². The molecule has 0 unspecified atom stereocenters. The summed E-state index contributed by atoms with van der Waals surface area (Å²) in [6.07, 6.45) is 4.06. The molecule has 3 rings (SSSR count). The number of unbranched alkanes of at least 4 members (excludes halogenated alkanes) is 1. The number of hydrogen-bond donors (Lipinski definition) is 2. The Morgan fingerprint density at radius 3 is 2.26 bits per heavy atom. The first-order valence-electron chi connectivity index (χ1n) is 8.50. The smallest absolute Gasteiger partial charge is 0.230 e. The Morgan fingerprint density at radius 1 is 1.00 bits per heavy atom. The van der Waals surface area contributed by atoms with E-state index in [1.807, 2.05) is 31.3 Å². The van der Waals surface area contributed by atoms with Gasteiger partial charge in [-0.1, -0.05) is 56.8 Å². The van der Waals surface area contributed by atoms with Crippen LogP contribution in [0, 0.1) is 0 Å². The van der Waals surface area contributed by atoms with E-state index in [0.717, 1.165) is 50.9 Å². The van der Waals surface area contributed by atoms with Crippen LogP contribution in [-0.2, 0) is 24.1 Å². The van der Waals surface area contributed by atoms with E-state index >= 15 is 0 Å². The maximum absolute atomic E-state index is 12.2. The molecule has 2 heterocycles. The lowest BCUT2D eigenvalue weighted by Crippen LogP contribution is -2.14. The van der Waals surface area contributed by atoms with Crippen molar-refractivity contribution in [2.24, 2.45) is 0 Å². The van der Waals surface area contributed by atoms with E-state index in [0.29, 0.717) is 11.6 Å². The highest BCUT2D eigenvalue weighted by Crippen LogP contribution is 2.21. The molecule has 0 aliphatic rings. The molecule has 0 spiro atoms. The lowest BCUT2D eigenvalue weighted by molar-refractivity contribution is -0.115. The van der Waals surface area contributed by atoms with Gasteiger partial charge in [0.2, 0.25) is 16.2 Å². The highest BCUT2D eigenvalue weighted by molar-refractivity contribution is 9.10. The number of carbonyl (C=O) groups excluding carboxylic acids is 1. The minimum atomic E-state index is -0.0961. The van der Waals surface area contributed by atoms with Crippen molar-refractivity contribution in [3.63, 3.8) is 0 Å². The number of nitrogens with zero attached hydrogens (tertiary/aromatic N) is 4. The molecule has 1 amide bonds. The van der Waals surface area contributed by atoms with Gasteiger partial charge in [0.15, 0.2) is 0 Å². The van der Waals surface area contributed by atoms with Crippen molar-refractivity contribution in [2.45, 2.75) is 32.1 Å². The van der Waals surface area contributed by atoms with Gasteiger partial charge in [-0.3, -0.25) is 4.79 Å². The number of rotatable bonds is 9. The Bertz CT molecular complexity index is 897. The van der Waals surface area contributed by atoms with E-state index in [1.165, 1.54) is 11.3 Å². The molecule has 0 radical (unpaired) electrons. The van der Waals surface area contributed by atoms with Crippen LogP contribution in [0.3, 0.4) is 0 Å². The number of benzene rings is 1. The van der Waals surface area contributed by atoms with Crippen molar-refractivity contribution in [1.29, 1.82) is 0 Å². The Balaban J connectivity index is 1.41. The van der Waals surface area contributed by atoms with Crippen LogP contribution < -0.4 is 10.6 Å². The summed E-state index contributed by atoms with van der Waals surface area (Å²) in [6.45, 7) is 0. The molecule has 7 nitrogen and oxygen atoms in total. The zero-order valence-corrected chi connectivity index (χ0v) is 18.0. The van der Waals surface area contributed by atoms with Gasteiger partial charge in [0.05, 0.1) is 6.42 Å². The summed E-state index contributed by atoms with van der Waals surface area (Å²) in [5.74, 6) is -0.0961. The van der Waals surface area contributed by atoms with Crippen LogP contribution in [0.4, 0.5) is 10.3 Å². The highest BCUT2D eigenvalue weighted by atomic mass is 79.9. The van der Waals surface area contributed by atoms with Gasteiger partial charge in [0, 0.05) is 24.4 Å². The Kier molecular flexibility index (Phi) is 7.25. The number of nitrogens with one attached hydrogen (secondary N) is 2. The molecule has 142 valence electrons. The minimum Gasteiger partial charge on any atom is -0.363 e. The first-order valence-corrected chi connectivity index (χ1v) is 10.9. The number of anilines is 2. The van der Waals surface area contributed by atoms with Gasteiger partial charge in [-0.2, -0.15) is 0 Å². The quantitative estimate of drug-likeness (QED) is 0.463. The second-order valence-electron chi connectivity index (χ2n) is 5.78. The van der Waals surface area contributed by atoms with Crippen LogP contribution >= 0.6 is 38.6 Å². The first-order chi connectivity index (χ1) is 13.1. The molecule has 0 fully saturated rings. The van der Waals surface area contributed by atoms with Crippen molar-refractivity contribution in [2.75, 3.05) is 17.7 Å². The van der Waals surface area contributed by atoms with E-state index in [1.54, 1.807) is 11.3 Å². The molecule has 10 heteroatoms. The largest absolute Gasteiger partial charge is 0.363 e. The average Bonchev–Trinajstić information content (AvgIpc) is 3.30. The monoisotopic (exact) mass is 466 g/mol. The van der Waals surface area contributed by atoms with Crippen molar-refractivity contribution >= 4 is 54.8 Å². The molecule has 0 saturated carbocycles. The Morgan fingerprint density at radius 2 is 1.63 bits per heavy atom. The third kappa shape index (κ3) is 6.05. The number of aryl methyl sites for hydroxylation is 2. The van der Waals surface area contributed by atoms with E-state index in [4.69, 9.17) is 0 Å². The molecule has 0 bridgehead atoms. The van der Waals surface area contributed by atoms with E-state index in [-0.39, 0.29) is 5.91 Å². The fourth-order valence-corrected chi connectivity index (χ4v) is 4.35. The van der Waals surface area contributed by atoms with Gasteiger partial charge in [-0.05, 0) is 24.5 Å². The maximum Gasteiger partial charge on any atom is 0.230 e. The van der Waals surface area contributed by atoms with Crippen molar-refractivity contribution in [3.8, 4) is 0 Å². The molecular formula is C17H19BrN6OS2. The summed E-state index contributed by atoms with van der Waals surface area (Å²) < 4.78 is 0.926. The fourth-order valence-electron chi connectivity index (χ4n) is 2.39. The second-order valence-corrected chi connectivity index (χ2v) is 8.75. The molecule has 0 atom stereocenters. The Hall–Kier alpha value is -1.91. The summed E-state index contributed by atoms with van der Waals surface area (Å²) in [6, 6.07) is 7.69. The summed E-state index contributed by atoms with van der Waals surface area (Å²) in [5.41, 5.74) is 0.942. The van der Waals surface area contributed by atoms with Crippen LogP contribution in [0.25, 0.3) is 0 Å². The van der Waals surface area contributed by atoms with Crippen molar-refractivity contribution in [1.82, 2.24) is 20.4 Å². The predicted octanol–water partition coefficient (Wildman–Crippen LogP) is 3.94. The first kappa shape index (κ1) is 19.8. The van der Waals surface area contributed by atoms with Crippen molar-refractivity contribution < 1.29 is 4.79 Å². The number of amides is 1. The fraction of sp³-hybridized carbons (Fsp3) is 0.353. The molecule has 2 aromatic heterocycles.